The Labute approximate surface area is 159 Å². The van der Waals surface area contributed by atoms with E-state index in [2.05, 4.69) is 17.4 Å². The average Bonchev–Trinajstić information content (AvgIpc) is 2.70. The van der Waals surface area contributed by atoms with E-state index in [4.69, 9.17) is 5.11 Å². The van der Waals surface area contributed by atoms with Gasteiger partial charge in [0.25, 0.3) is 0 Å². The maximum absolute atomic E-state index is 11.4. The lowest BCUT2D eigenvalue weighted by molar-refractivity contribution is 0.101. The Balaban J connectivity index is 0.000000223. The number of ketones is 1. The Bertz CT molecular complexity index is 934. The highest BCUT2D eigenvalue weighted by molar-refractivity contribution is 6.00. The molecule has 4 heteroatoms. The molecule has 0 atom stereocenters. The Hall–Kier alpha value is -3.40. The van der Waals surface area contributed by atoms with Gasteiger partial charge in [-0.2, -0.15) is 0 Å². The van der Waals surface area contributed by atoms with Gasteiger partial charge >= 0.3 is 0 Å². The van der Waals surface area contributed by atoms with Gasteiger partial charge in [0, 0.05) is 18.3 Å². The van der Waals surface area contributed by atoms with Crippen molar-refractivity contribution < 1.29 is 14.7 Å². The number of aryl methyl sites for hydroxylation is 1. The molecule has 0 saturated heterocycles. The average molecular weight is 361 g/mol. The van der Waals surface area contributed by atoms with Crippen LogP contribution in [0.25, 0.3) is 11.1 Å². The Morgan fingerprint density at radius 3 is 2.22 bits per heavy atom. The van der Waals surface area contributed by atoms with Crippen molar-refractivity contribution in [1.82, 2.24) is 0 Å². The molecule has 0 spiro atoms. The van der Waals surface area contributed by atoms with Crippen LogP contribution in [0.3, 0.4) is 0 Å². The van der Waals surface area contributed by atoms with Gasteiger partial charge in [-0.15, -0.1) is 0 Å². The molecule has 3 rings (SSSR count). The normalized spacial score (nSPS) is 9.74. The molecule has 0 aromatic heterocycles. The number of Topliss-reactive ketones (excluding diaryl/α,β-unsaturated/α-hetero) is 1. The highest BCUT2D eigenvalue weighted by Gasteiger charge is 2.07. The molecule has 3 aromatic rings. The summed E-state index contributed by atoms with van der Waals surface area (Å²) in [4.78, 5) is 21.7. The number of phenols is 1. The molecule has 27 heavy (non-hydrogen) atoms. The highest BCUT2D eigenvalue weighted by Crippen LogP contribution is 2.25. The van der Waals surface area contributed by atoms with Gasteiger partial charge in [-0.05, 0) is 49.2 Å². The lowest BCUT2D eigenvalue weighted by Crippen LogP contribution is -2.00. The first-order valence-corrected chi connectivity index (χ1v) is 8.59. The maximum Gasteiger partial charge on any atom is 0.161 e. The number of rotatable bonds is 4. The fourth-order valence-electron chi connectivity index (χ4n) is 2.64. The van der Waals surface area contributed by atoms with Crippen LogP contribution >= 0.6 is 0 Å². The quantitative estimate of drug-likeness (QED) is 0.500. The van der Waals surface area contributed by atoms with Crippen molar-refractivity contribution in [3.8, 4) is 16.9 Å². The van der Waals surface area contributed by atoms with E-state index < -0.39 is 0 Å². The third-order valence-electron chi connectivity index (χ3n) is 4.09. The summed E-state index contributed by atoms with van der Waals surface area (Å²) in [6, 6.07) is 20.9. The number of carbonyl (C=O) groups excluding carboxylic acids is 2. The van der Waals surface area contributed by atoms with Crippen LogP contribution in [0, 0.1) is 6.92 Å². The number of aromatic hydroxyl groups is 1. The van der Waals surface area contributed by atoms with Gasteiger partial charge in [-0.1, -0.05) is 48.0 Å². The molecule has 0 unspecified atom stereocenters. The first kappa shape index (κ1) is 19.9. The van der Waals surface area contributed by atoms with Crippen LogP contribution in [0.2, 0.25) is 0 Å². The van der Waals surface area contributed by atoms with Gasteiger partial charge < -0.3 is 10.4 Å². The Morgan fingerprint density at radius 1 is 0.963 bits per heavy atom. The summed E-state index contributed by atoms with van der Waals surface area (Å²) in [7, 11) is 1.83. The van der Waals surface area contributed by atoms with Gasteiger partial charge in [0.05, 0.1) is 5.56 Å². The van der Waals surface area contributed by atoms with Crippen LogP contribution < -0.4 is 5.32 Å². The Kier molecular flexibility index (Phi) is 6.89. The zero-order valence-electron chi connectivity index (χ0n) is 15.7. The second-order valence-corrected chi connectivity index (χ2v) is 6.11. The number of aldehydes is 1. The number of nitrogens with one attached hydrogen (secondary N) is 1. The van der Waals surface area contributed by atoms with E-state index in [0.717, 1.165) is 27.9 Å². The highest BCUT2D eigenvalue weighted by atomic mass is 16.3. The monoisotopic (exact) mass is 361 g/mol. The predicted molar refractivity (Wildman–Crippen MR) is 110 cm³/mol. The minimum atomic E-state index is 0.0422. The van der Waals surface area contributed by atoms with E-state index in [9.17, 15) is 9.59 Å². The van der Waals surface area contributed by atoms with Crippen LogP contribution in [-0.2, 0) is 0 Å². The largest absolute Gasteiger partial charge is 0.507 e. The number of hydrogen-bond acceptors (Lipinski definition) is 4. The van der Waals surface area contributed by atoms with Crippen molar-refractivity contribution in [3.63, 3.8) is 0 Å². The smallest absolute Gasteiger partial charge is 0.161 e. The summed E-state index contributed by atoms with van der Waals surface area (Å²) in [6.07, 6.45) is 0.641. The zero-order chi connectivity index (χ0) is 19.8. The molecule has 0 bridgehead atoms. The van der Waals surface area contributed by atoms with Crippen molar-refractivity contribution in [2.45, 2.75) is 13.8 Å². The van der Waals surface area contributed by atoms with Gasteiger partial charge in [0.2, 0.25) is 0 Å². The fraction of sp³-hybridized carbons (Fsp3) is 0.130. The summed E-state index contributed by atoms with van der Waals surface area (Å²) in [6.45, 7) is 3.45. The van der Waals surface area contributed by atoms with E-state index in [1.165, 1.54) is 6.07 Å². The molecule has 4 nitrogen and oxygen atoms in total. The Morgan fingerprint density at radius 2 is 1.67 bits per heavy atom. The van der Waals surface area contributed by atoms with Gasteiger partial charge in [0.1, 0.15) is 5.75 Å². The number of phenolic OH excluding ortho intramolecular Hbond substituents is 1. The fourth-order valence-corrected chi connectivity index (χ4v) is 2.64. The molecule has 0 heterocycles. The molecule has 138 valence electrons. The summed E-state index contributed by atoms with van der Waals surface area (Å²) in [5, 5.41) is 12.1. The minimum absolute atomic E-state index is 0.0422. The van der Waals surface area contributed by atoms with E-state index in [1.807, 2.05) is 50.4 Å². The van der Waals surface area contributed by atoms with Crippen molar-refractivity contribution in [2.24, 2.45) is 0 Å². The van der Waals surface area contributed by atoms with E-state index in [1.54, 1.807) is 19.1 Å². The summed E-state index contributed by atoms with van der Waals surface area (Å²) in [5.41, 5.74) is 5.19. The lowest BCUT2D eigenvalue weighted by Gasteiger charge is -2.09. The number of carbonyl (C=O) groups is 2. The third-order valence-corrected chi connectivity index (χ3v) is 4.09. The lowest BCUT2D eigenvalue weighted by atomic mass is 10.0. The zero-order valence-corrected chi connectivity index (χ0v) is 15.7. The second-order valence-electron chi connectivity index (χ2n) is 6.11. The number of hydrogen-bond donors (Lipinski definition) is 2. The molecule has 0 fully saturated rings. The predicted octanol–water partition coefficient (Wildman–Crippen LogP) is 5.11. The summed E-state index contributed by atoms with van der Waals surface area (Å²) >= 11 is 0. The van der Waals surface area contributed by atoms with Gasteiger partial charge in [-0.25, -0.2) is 0 Å². The third kappa shape index (κ3) is 5.28. The first-order chi connectivity index (χ1) is 13.0. The molecular formula is C23H23NO3. The van der Waals surface area contributed by atoms with Gasteiger partial charge in [0.15, 0.2) is 12.1 Å². The van der Waals surface area contributed by atoms with Crippen LogP contribution in [0.1, 0.15) is 33.2 Å². The SMILES string of the molecule is CNc1cc(-c2ccccc2)ccc1C(C)=O.Cc1ccc(O)c(C=O)c1. The van der Waals surface area contributed by atoms with Crippen molar-refractivity contribution in [1.29, 1.82) is 0 Å². The number of benzene rings is 3. The van der Waals surface area contributed by atoms with Crippen molar-refractivity contribution in [3.05, 3.63) is 83.4 Å². The van der Waals surface area contributed by atoms with E-state index in [0.29, 0.717) is 11.8 Å². The molecule has 0 amide bonds. The molecule has 0 radical (unpaired) electrons. The number of anilines is 1. The standard InChI is InChI=1S/C15H15NO.C8H8O2/c1-11(17)14-9-8-13(10-15(14)16-2)12-6-4-3-5-7-12;1-6-2-3-8(10)7(4-6)5-9/h3-10,16H,1-2H3;2-5,10H,1H3. The van der Waals surface area contributed by atoms with Crippen molar-refractivity contribution in [2.75, 3.05) is 12.4 Å². The molecule has 0 aliphatic carbocycles. The van der Waals surface area contributed by atoms with Crippen LogP contribution in [0.4, 0.5) is 5.69 Å². The van der Waals surface area contributed by atoms with Crippen molar-refractivity contribution >= 4 is 17.8 Å². The molecule has 0 saturated carbocycles. The van der Waals surface area contributed by atoms with E-state index >= 15 is 0 Å². The molecule has 0 aliphatic rings. The van der Waals surface area contributed by atoms with Gasteiger partial charge in [-0.3, -0.25) is 9.59 Å². The molecule has 0 aliphatic heterocycles. The topological polar surface area (TPSA) is 66.4 Å². The molecular weight excluding hydrogens is 338 g/mol. The van der Waals surface area contributed by atoms with Crippen LogP contribution in [-0.4, -0.2) is 24.2 Å². The molecule has 3 aromatic carbocycles. The second kappa shape index (κ2) is 9.34. The van der Waals surface area contributed by atoms with Crippen LogP contribution in [0.15, 0.2) is 66.7 Å². The minimum Gasteiger partial charge on any atom is -0.507 e. The first-order valence-electron chi connectivity index (χ1n) is 8.59. The molecule has 2 N–H and O–H groups in total. The van der Waals surface area contributed by atoms with Crippen LogP contribution in [0.5, 0.6) is 5.75 Å². The summed E-state index contributed by atoms with van der Waals surface area (Å²) in [5.74, 6) is 0.120. The van der Waals surface area contributed by atoms with E-state index in [-0.39, 0.29) is 11.5 Å². The maximum atomic E-state index is 11.4. The summed E-state index contributed by atoms with van der Waals surface area (Å²) < 4.78 is 0.